The van der Waals surface area contributed by atoms with E-state index in [1.165, 1.54) is 0 Å². The number of β-lactam (4-membered cyclic amide) rings is 1. The van der Waals surface area contributed by atoms with Crippen molar-refractivity contribution in [2.75, 3.05) is 6.61 Å². The molecule has 2 fully saturated rings. The van der Waals surface area contributed by atoms with Crippen molar-refractivity contribution in [3.05, 3.63) is 5.82 Å². The molecule has 0 saturated carbocycles. The van der Waals surface area contributed by atoms with E-state index in [-0.39, 0.29) is 22.6 Å². The summed E-state index contributed by atoms with van der Waals surface area (Å²) >= 11 is 1.59. The monoisotopic (exact) mass is 312 g/mol. The summed E-state index contributed by atoms with van der Waals surface area (Å²) in [7, 11) is 0. The molecule has 2 N–H and O–H groups in total. The number of fused-ring (bicyclic) bond motifs is 1. The summed E-state index contributed by atoms with van der Waals surface area (Å²) in [4.78, 5) is 25.6. The van der Waals surface area contributed by atoms with Gasteiger partial charge in [-0.1, -0.05) is 0 Å². The molecule has 10 heteroatoms. The van der Waals surface area contributed by atoms with Crippen LogP contribution < -0.4 is 5.73 Å². The first-order chi connectivity index (χ1) is 9.88. The molecule has 2 saturated heterocycles. The van der Waals surface area contributed by atoms with Crippen LogP contribution in [0.3, 0.4) is 0 Å². The summed E-state index contributed by atoms with van der Waals surface area (Å²) in [6.45, 7) is 5.87. The van der Waals surface area contributed by atoms with Gasteiger partial charge in [-0.05, 0) is 31.2 Å². The standard InChI is InChI=1S/C11H16N6O3S/c1-4-20-10(19)17-7(13-14-15-17)6-11(2,3)21-9-5(12)8(18)16(6)9/h5-6,9H,4,12H2,1-3H3/t5?,6?,9-/m0/s1. The zero-order chi connectivity index (χ0) is 15.4. The van der Waals surface area contributed by atoms with Gasteiger partial charge in [0.25, 0.3) is 0 Å². The van der Waals surface area contributed by atoms with Gasteiger partial charge >= 0.3 is 6.09 Å². The molecule has 9 nitrogen and oxygen atoms in total. The van der Waals surface area contributed by atoms with Gasteiger partial charge in [0, 0.05) is 4.75 Å². The zero-order valence-corrected chi connectivity index (χ0v) is 12.7. The lowest BCUT2D eigenvalue weighted by atomic mass is 9.95. The second-order valence-electron chi connectivity index (χ2n) is 5.43. The van der Waals surface area contributed by atoms with Crippen LogP contribution in [-0.4, -0.2) is 59.9 Å². The number of nitrogens with two attached hydrogens (primary N) is 1. The molecule has 3 heterocycles. The Morgan fingerprint density at radius 2 is 2.24 bits per heavy atom. The maximum absolute atomic E-state index is 12.0. The van der Waals surface area contributed by atoms with E-state index < -0.39 is 18.2 Å². The molecule has 114 valence electrons. The van der Waals surface area contributed by atoms with Crippen molar-refractivity contribution in [3.8, 4) is 0 Å². The van der Waals surface area contributed by atoms with E-state index in [9.17, 15) is 9.59 Å². The van der Waals surface area contributed by atoms with Crippen LogP contribution in [0.5, 0.6) is 0 Å². The molecule has 2 unspecified atom stereocenters. The Morgan fingerprint density at radius 1 is 1.52 bits per heavy atom. The Labute approximate surface area is 125 Å². The van der Waals surface area contributed by atoms with Gasteiger partial charge in [0.1, 0.15) is 17.5 Å². The fourth-order valence-electron chi connectivity index (χ4n) is 2.74. The fraction of sp³-hybridized carbons (Fsp3) is 0.727. The Kier molecular flexibility index (Phi) is 3.17. The number of ether oxygens (including phenoxy) is 1. The first kappa shape index (κ1) is 14.3. The highest BCUT2D eigenvalue weighted by Crippen LogP contribution is 2.56. The normalized spacial score (nSPS) is 30.0. The van der Waals surface area contributed by atoms with E-state index in [4.69, 9.17) is 10.5 Å². The molecule has 0 aromatic carbocycles. The highest BCUT2D eigenvalue weighted by Gasteiger charge is 2.62. The average Bonchev–Trinajstić information content (AvgIpc) is 2.99. The quantitative estimate of drug-likeness (QED) is 0.586. The predicted molar refractivity (Wildman–Crippen MR) is 73.3 cm³/mol. The number of tetrazole rings is 1. The second kappa shape index (κ2) is 4.67. The molecule has 1 amide bonds. The summed E-state index contributed by atoms with van der Waals surface area (Å²) in [6, 6.07) is -0.926. The number of amides is 1. The van der Waals surface area contributed by atoms with Crippen LogP contribution in [0.15, 0.2) is 0 Å². The van der Waals surface area contributed by atoms with Crippen molar-refractivity contribution in [2.24, 2.45) is 5.73 Å². The first-order valence-corrected chi connectivity index (χ1v) is 7.47. The summed E-state index contributed by atoms with van der Waals surface area (Å²) in [6.07, 6.45) is -0.654. The number of aromatic nitrogens is 4. The molecule has 2 aliphatic rings. The molecule has 3 rings (SSSR count). The molecule has 1 aromatic heterocycles. The molecular formula is C11H16N6O3S. The van der Waals surface area contributed by atoms with Gasteiger partial charge in [-0.2, -0.15) is 0 Å². The van der Waals surface area contributed by atoms with E-state index in [1.54, 1.807) is 23.6 Å². The van der Waals surface area contributed by atoms with E-state index in [0.29, 0.717) is 5.82 Å². The molecule has 1 aromatic rings. The van der Waals surface area contributed by atoms with E-state index >= 15 is 0 Å². The molecule has 0 radical (unpaired) electrons. The maximum Gasteiger partial charge on any atom is 0.437 e. The lowest BCUT2D eigenvalue weighted by Gasteiger charge is -2.42. The van der Waals surface area contributed by atoms with Crippen LogP contribution in [0.1, 0.15) is 32.6 Å². The van der Waals surface area contributed by atoms with Crippen molar-refractivity contribution in [1.82, 2.24) is 25.1 Å². The fourth-order valence-corrected chi connectivity index (χ4v) is 4.31. The predicted octanol–water partition coefficient (Wildman–Crippen LogP) is -0.260. The Morgan fingerprint density at radius 3 is 2.90 bits per heavy atom. The molecule has 0 bridgehead atoms. The van der Waals surface area contributed by atoms with Crippen LogP contribution in [0.25, 0.3) is 0 Å². The summed E-state index contributed by atoms with van der Waals surface area (Å²) < 4.78 is 5.59. The Hall–Kier alpha value is -1.68. The number of nitrogens with zero attached hydrogens (tertiary/aromatic N) is 5. The van der Waals surface area contributed by atoms with Crippen molar-refractivity contribution in [3.63, 3.8) is 0 Å². The van der Waals surface area contributed by atoms with Crippen LogP contribution in [0, 0.1) is 0 Å². The number of carbonyl (C=O) groups excluding carboxylic acids is 2. The minimum atomic E-state index is -0.654. The highest BCUT2D eigenvalue weighted by atomic mass is 32.2. The zero-order valence-electron chi connectivity index (χ0n) is 11.9. The summed E-state index contributed by atoms with van der Waals surface area (Å²) in [5, 5.41) is 11.0. The van der Waals surface area contributed by atoms with Gasteiger partial charge in [-0.25, -0.2) is 4.79 Å². The van der Waals surface area contributed by atoms with Crippen LogP contribution in [-0.2, 0) is 9.53 Å². The molecule has 0 aliphatic carbocycles. The third kappa shape index (κ3) is 1.93. The van der Waals surface area contributed by atoms with Gasteiger partial charge in [0.15, 0.2) is 5.82 Å². The van der Waals surface area contributed by atoms with Gasteiger partial charge in [0.2, 0.25) is 5.91 Å². The second-order valence-corrected chi connectivity index (χ2v) is 7.20. The van der Waals surface area contributed by atoms with Crippen LogP contribution in [0.2, 0.25) is 0 Å². The van der Waals surface area contributed by atoms with Gasteiger partial charge in [-0.3, -0.25) is 4.79 Å². The van der Waals surface area contributed by atoms with Crippen molar-refractivity contribution in [1.29, 1.82) is 0 Å². The van der Waals surface area contributed by atoms with Crippen molar-refractivity contribution < 1.29 is 14.3 Å². The number of rotatable bonds is 2. The highest BCUT2D eigenvalue weighted by molar-refractivity contribution is 8.01. The Balaban J connectivity index is 1.98. The molecule has 3 atom stereocenters. The minimum Gasteiger partial charge on any atom is -0.448 e. The van der Waals surface area contributed by atoms with E-state index in [1.807, 2.05) is 13.8 Å². The number of carbonyl (C=O) groups is 2. The third-order valence-corrected chi connectivity index (χ3v) is 5.25. The number of hydrogen-bond acceptors (Lipinski definition) is 8. The van der Waals surface area contributed by atoms with Gasteiger partial charge in [-0.15, -0.1) is 21.5 Å². The minimum absolute atomic E-state index is 0.107. The van der Waals surface area contributed by atoms with Crippen molar-refractivity contribution >= 4 is 23.8 Å². The average molecular weight is 312 g/mol. The van der Waals surface area contributed by atoms with Crippen LogP contribution in [0.4, 0.5) is 4.79 Å². The SMILES string of the molecule is CCOC(=O)n1nnnc1C1N2C(=O)C(N)[C@@H]2SC1(C)C. The third-order valence-electron chi connectivity index (χ3n) is 3.66. The van der Waals surface area contributed by atoms with E-state index in [2.05, 4.69) is 15.5 Å². The van der Waals surface area contributed by atoms with Gasteiger partial charge in [0.05, 0.1) is 6.61 Å². The molecule has 0 spiro atoms. The van der Waals surface area contributed by atoms with Crippen molar-refractivity contribution in [2.45, 2.75) is 43.0 Å². The Bertz CT molecular complexity index is 603. The molecule has 21 heavy (non-hydrogen) atoms. The molecular weight excluding hydrogens is 296 g/mol. The largest absolute Gasteiger partial charge is 0.448 e. The topological polar surface area (TPSA) is 116 Å². The van der Waals surface area contributed by atoms with E-state index in [0.717, 1.165) is 4.68 Å². The van der Waals surface area contributed by atoms with Crippen LogP contribution >= 0.6 is 11.8 Å². The summed E-state index contributed by atoms with van der Waals surface area (Å²) in [5.41, 5.74) is 5.83. The lowest BCUT2D eigenvalue weighted by molar-refractivity contribution is -0.147. The lowest BCUT2D eigenvalue weighted by Crippen LogP contribution is -2.65. The smallest absolute Gasteiger partial charge is 0.437 e. The summed E-state index contributed by atoms with van der Waals surface area (Å²) in [5.74, 6) is 0.148. The first-order valence-electron chi connectivity index (χ1n) is 6.59. The molecule has 2 aliphatic heterocycles. The van der Waals surface area contributed by atoms with Gasteiger partial charge < -0.3 is 15.4 Å². The number of thioether (sulfide) groups is 1. The maximum atomic E-state index is 12.0. The number of hydrogen-bond donors (Lipinski definition) is 1.